The number of esters is 1. The Morgan fingerprint density at radius 1 is 0.971 bits per heavy atom. The summed E-state index contributed by atoms with van der Waals surface area (Å²) in [6.07, 6.45) is 1.50. The molecule has 2 aromatic carbocycles. The molecule has 178 valence electrons. The predicted molar refractivity (Wildman–Crippen MR) is 125 cm³/mol. The van der Waals surface area contributed by atoms with Gasteiger partial charge in [0.05, 0.1) is 35.0 Å². The van der Waals surface area contributed by atoms with Crippen LogP contribution in [0.3, 0.4) is 0 Å². The second kappa shape index (κ2) is 8.05. The summed E-state index contributed by atoms with van der Waals surface area (Å²) in [5.41, 5.74) is 2.27. The monoisotopic (exact) mass is 464 g/mol. The molecule has 2 heterocycles. The van der Waals surface area contributed by atoms with Gasteiger partial charge in [-0.25, -0.2) is 4.39 Å². The standard InChI is InChI=1S/C28H29FO5/c1-14-12-18(32-17-8-6-16(29)7-9-17)13-15(2)21(14)24-25(30)22-19-10-11-20(33-19)23(22)26(24)34-27(31)28(3,4)5/h6-9,12-13,19-20,22-23H,10-11H2,1-5H3/t19-,20+,22+,23-/m1/s1. The summed E-state index contributed by atoms with van der Waals surface area (Å²) >= 11 is 0. The van der Waals surface area contributed by atoms with E-state index in [2.05, 4.69) is 0 Å². The van der Waals surface area contributed by atoms with Gasteiger partial charge in [-0.3, -0.25) is 9.59 Å². The van der Waals surface area contributed by atoms with E-state index in [1.54, 1.807) is 32.9 Å². The van der Waals surface area contributed by atoms with Crippen LogP contribution in [0.5, 0.6) is 11.5 Å². The highest BCUT2D eigenvalue weighted by molar-refractivity contribution is 6.26. The van der Waals surface area contributed by atoms with Gasteiger partial charge in [0.1, 0.15) is 23.1 Å². The van der Waals surface area contributed by atoms with Crippen molar-refractivity contribution in [1.29, 1.82) is 0 Å². The van der Waals surface area contributed by atoms with Crippen molar-refractivity contribution in [1.82, 2.24) is 0 Å². The largest absolute Gasteiger partial charge is 0.457 e. The van der Waals surface area contributed by atoms with Gasteiger partial charge in [0.2, 0.25) is 0 Å². The molecule has 2 bridgehead atoms. The van der Waals surface area contributed by atoms with Crippen molar-refractivity contribution in [2.75, 3.05) is 0 Å². The van der Waals surface area contributed by atoms with Crippen LogP contribution in [0.25, 0.3) is 5.57 Å². The van der Waals surface area contributed by atoms with Crippen LogP contribution in [-0.2, 0) is 19.1 Å². The lowest BCUT2D eigenvalue weighted by molar-refractivity contribution is -0.149. The summed E-state index contributed by atoms with van der Waals surface area (Å²) < 4.78 is 31.2. The summed E-state index contributed by atoms with van der Waals surface area (Å²) in [4.78, 5) is 26.6. The molecule has 0 radical (unpaired) electrons. The van der Waals surface area contributed by atoms with Crippen molar-refractivity contribution in [3.63, 3.8) is 0 Å². The van der Waals surface area contributed by atoms with Crippen LogP contribution < -0.4 is 4.74 Å². The molecule has 4 atom stereocenters. The lowest BCUT2D eigenvalue weighted by Gasteiger charge is -2.24. The van der Waals surface area contributed by atoms with Gasteiger partial charge in [-0.05, 0) is 101 Å². The first kappa shape index (κ1) is 22.8. The van der Waals surface area contributed by atoms with Crippen LogP contribution in [0.15, 0.2) is 42.2 Å². The number of aryl methyl sites for hydroxylation is 2. The third kappa shape index (κ3) is 3.74. The van der Waals surface area contributed by atoms with Gasteiger partial charge < -0.3 is 14.2 Å². The van der Waals surface area contributed by atoms with Crippen molar-refractivity contribution in [3.8, 4) is 11.5 Å². The maximum Gasteiger partial charge on any atom is 0.316 e. The Bertz CT molecular complexity index is 1180. The smallest absolute Gasteiger partial charge is 0.316 e. The average Bonchev–Trinajstić information content (AvgIpc) is 3.43. The predicted octanol–water partition coefficient (Wildman–Crippen LogP) is 5.91. The highest BCUT2D eigenvalue weighted by Crippen LogP contribution is 2.55. The van der Waals surface area contributed by atoms with Crippen molar-refractivity contribution in [2.24, 2.45) is 17.3 Å². The molecule has 34 heavy (non-hydrogen) atoms. The number of hydrogen-bond acceptors (Lipinski definition) is 5. The van der Waals surface area contributed by atoms with E-state index >= 15 is 0 Å². The second-order valence-electron chi connectivity index (χ2n) is 10.6. The van der Waals surface area contributed by atoms with E-state index in [-0.39, 0.29) is 41.6 Å². The van der Waals surface area contributed by atoms with Crippen LogP contribution in [0, 0.1) is 36.9 Å². The topological polar surface area (TPSA) is 61.8 Å². The average molecular weight is 465 g/mol. The zero-order chi connectivity index (χ0) is 24.4. The molecule has 2 saturated heterocycles. The van der Waals surface area contributed by atoms with E-state index in [1.165, 1.54) is 12.1 Å². The number of hydrogen-bond donors (Lipinski definition) is 0. The quantitative estimate of drug-likeness (QED) is 0.526. The summed E-state index contributed by atoms with van der Waals surface area (Å²) in [6, 6.07) is 9.53. The number of benzene rings is 2. The molecule has 0 spiro atoms. The molecule has 0 N–H and O–H groups in total. The Balaban J connectivity index is 1.57. The maximum absolute atomic E-state index is 13.7. The van der Waals surface area contributed by atoms with Gasteiger partial charge in [0, 0.05) is 0 Å². The minimum atomic E-state index is -0.700. The summed E-state index contributed by atoms with van der Waals surface area (Å²) in [6.45, 7) is 9.25. The number of carbonyl (C=O) groups is 2. The van der Waals surface area contributed by atoms with Crippen LogP contribution >= 0.6 is 0 Å². The Morgan fingerprint density at radius 3 is 2.15 bits per heavy atom. The van der Waals surface area contributed by atoms with Crippen LogP contribution in [0.4, 0.5) is 4.39 Å². The molecule has 5 nitrogen and oxygen atoms in total. The fourth-order valence-corrected chi connectivity index (χ4v) is 5.43. The van der Waals surface area contributed by atoms with Gasteiger partial charge >= 0.3 is 5.97 Å². The van der Waals surface area contributed by atoms with Crippen LogP contribution in [0.1, 0.15) is 50.3 Å². The maximum atomic E-state index is 13.7. The summed E-state index contributed by atoms with van der Waals surface area (Å²) in [5, 5.41) is 0. The van der Waals surface area contributed by atoms with Crippen molar-refractivity contribution >= 4 is 17.3 Å². The van der Waals surface area contributed by atoms with Gasteiger partial charge in [-0.1, -0.05) is 0 Å². The van der Waals surface area contributed by atoms with Gasteiger partial charge in [-0.15, -0.1) is 0 Å². The summed E-state index contributed by atoms with van der Waals surface area (Å²) in [7, 11) is 0. The number of allylic oxidation sites excluding steroid dienone is 1. The Kier molecular flexibility index (Phi) is 5.40. The Hall–Kier alpha value is -2.99. The molecule has 0 unspecified atom stereocenters. The third-order valence-corrected chi connectivity index (χ3v) is 6.99. The van der Waals surface area contributed by atoms with E-state index in [1.807, 2.05) is 26.0 Å². The van der Waals surface area contributed by atoms with Crippen molar-refractivity contribution in [3.05, 3.63) is 64.7 Å². The lowest BCUT2D eigenvalue weighted by atomic mass is 9.80. The molecule has 0 aromatic heterocycles. The summed E-state index contributed by atoms with van der Waals surface area (Å²) in [5.74, 6) is 0.352. The first-order chi connectivity index (χ1) is 16.0. The fraction of sp³-hybridized carbons (Fsp3) is 0.429. The highest BCUT2D eigenvalue weighted by Gasteiger charge is 2.60. The van der Waals surface area contributed by atoms with Gasteiger partial charge in [0.15, 0.2) is 5.78 Å². The minimum Gasteiger partial charge on any atom is -0.457 e. The number of ether oxygens (including phenoxy) is 3. The number of fused-ring (bicyclic) bond motifs is 5. The highest BCUT2D eigenvalue weighted by atomic mass is 19.1. The number of carbonyl (C=O) groups excluding carboxylic acids is 2. The molecule has 6 heteroatoms. The molecular weight excluding hydrogens is 435 g/mol. The third-order valence-electron chi connectivity index (χ3n) is 6.99. The molecule has 0 saturated carbocycles. The first-order valence-electron chi connectivity index (χ1n) is 11.8. The van der Waals surface area contributed by atoms with E-state index in [0.717, 1.165) is 29.5 Å². The molecule has 1 aliphatic carbocycles. The van der Waals surface area contributed by atoms with Crippen LogP contribution in [0.2, 0.25) is 0 Å². The number of ketones is 1. The number of Topliss-reactive ketones (excluding diaryl/α,β-unsaturated/α-hetero) is 1. The van der Waals surface area contributed by atoms with Gasteiger partial charge in [0.25, 0.3) is 0 Å². The molecule has 2 aliphatic heterocycles. The first-order valence-corrected chi connectivity index (χ1v) is 11.8. The molecule has 0 amide bonds. The molecular formula is C28H29FO5. The van der Waals surface area contributed by atoms with E-state index in [0.29, 0.717) is 22.8 Å². The lowest BCUT2D eigenvalue weighted by Crippen LogP contribution is -2.31. The molecule has 2 aromatic rings. The Morgan fingerprint density at radius 2 is 1.56 bits per heavy atom. The van der Waals surface area contributed by atoms with Gasteiger partial charge in [-0.2, -0.15) is 0 Å². The molecule has 5 rings (SSSR count). The minimum absolute atomic E-state index is 0.00712. The number of rotatable bonds is 4. The van der Waals surface area contributed by atoms with Crippen LogP contribution in [-0.4, -0.2) is 24.0 Å². The number of halogens is 1. The van der Waals surface area contributed by atoms with E-state index in [4.69, 9.17) is 14.2 Å². The zero-order valence-electron chi connectivity index (χ0n) is 20.1. The van der Waals surface area contributed by atoms with Crippen molar-refractivity contribution in [2.45, 2.75) is 59.7 Å². The van der Waals surface area contributed by atoms with E-state index < -0.39 is 5.41 Å². The zero-order valence-corrected chi connectivity index (χ0v) is 20.1. The molecule has 2 fully saturated rings. The molecule has 3 aliphatic rings. The normalized spacial score (nSPS) is 25.6. The SMILES string of the molecule is Cc1cc(Oc2ccc(F)cc2)cc(C)c1C1=C(OC(=O)C(C)(C)C)[C@H]2[C@@H](C1=O)[C@H]1CC[C@@H]2O1. The Labute approximate surface area is 198 Å². The van der Waals surface area contributed by atoms with E-state index in [9.17, 15) is 14.0 Å². The van der Waals surface area contributed by atoms with Crippen molar-refractivity contribution < 1.29 is 28.2 Å². The second-order valence-corrected chi connectivity index (χ2v) is 10.6. The fourth-order valence-electron chi connectivity index (χ4n) is 5.43.